The number of aliphatic carboxylic acids is 1. The predicted molar refractivity (Wildman–Crippen MR) is 131 cm³/mol. The Labute approximate surface area is 204 Å². The number of carbonyl (C=O) groups excluding carboxylic acids is 1. The molecular weight excluding hydrogens is 446 g/mol. The second-order valence-corrected chi connectivity index (χ2v) is 9.60. The third-order valence-corrected chi connectivity index (χ3v) is 6.50. The maximum atomic E-state index is 11.8. The largest absolute Gasteiger partial charge is 0.480 e. The van der Waals surface area contributed by atoms with Gasteiger partial charge in [0.05, 0.1) is 7.11 Å². The van der Waals surface area contributed by atoms with Gasteiger partial charge in [-0.05, 0) is 61.4 Å². The molecule has 3 aromatic rings. The van der Waals surface area contributed by atoms with Crippen LogP contribution in [-0.4, -0.2) is 46.9 Å². The molecule has 0 amide bonds. The molecule has 1 aliphatic carbocycles. The van der Waals surface area contributed by atoms with Crippen LogP contribution in [0.1, 0.15) is 37.8 Å². The highest BCUT2D eigenvalue weighted by atomic mass is 16.5. The van der Waals surface area contributed by atoms with Crippen LogP contribution in [0.2, 0.25) is 0 Å². The van der Waals surface area contributed by atoms with Crippen LogP contribution in [0.5, 0.6) is 0 Å². The third kappa shape index (κ3) is 5.43. The second kappa shape index (κ2) is 10.4. The van der Waals surface area contributed by atoms with E-state index < -0.39 is 17.4 Å². The van der Waals surface area contributed by atoms with Crippen molar-refractivity contribution in [3.63, 3.8) is 0 Å². The standard InChI is InChI=1S/C27H31N3O5/c1-17(2)14-19-6-10-21(11-7-19)24-29-23(30-35-24)20-8-4-18(5-9-20)12-13-28-22-15-27(16-22,25(31)32)26(33)34-3/h4-11,17,22,28H,12-16H2,1-3H3,(H,31,32). The molecule has 0 saturated heterocycles. The average molecular weight is 478 g/mol. The number of nitrogens with one attached hydrogen (secondary N) is 1. The molecule has 0 radical (unpaired) electrons. The van der Waals surface area contributed by atoms with E-state index in [-0.39, 0.29) is 18.9 Å². The average Bonchev–Trinajstić information content (AvgIpc) is 3.30. The number of hydrogen-bond acceptors (Lipinski definition) is 7. The minimum atomic E-state index is -1.41. The van der Waals surface area contributed by atoms with Crippen LogP contribution in [0.25, 0.3) is 22.8 Å². The van der Waals surface area contributed by atoms with Crippen LogP contribution in [0.4, 0.5) is 0 Å². The zero-order valence-corrected chi connectivity index (χ0v) is 20.3. The summed E-state index contributed by atoms with van der Waals surface area (Å²) in [6, 6.07) is 16.2. The van der Waals surface area contributed by atoms with Crippen molar-refractivity contribution >= 4 is 11.9 Å². The van der Waals surface area contributed by atoms with Crippen LogP contribution < -0.4 is 5.32 Å². The molecule has 2 N–H and O–H groups in total. The molecule has 184 valence electrons. The summed E-state index contributed by atoms with van der Waals surface area (Å²) < 4.78 is 10.1. The smallest absolute Gasteiger partial charge is 0.323 e. The first-order valence-corrected chi connectivity index (χ1v) is 11.9. The van der Waals surface area contributed by atoms with Crippen molar-refractivity contribution in [1.82, 2.24) is 15.5 Å². The first-order valence-electron chi connectivity index (χ1n) is 11.9. The number of esters is 1. The lowest BCUT2D eigenvalue weighted by atomic mass is 9.65. The molecule has 1 aromatic heterocycles. The Kier molecular flexibility index (Phi) is 7.31. The van der Waals surface area contributed by atoms with Crippen molar-refractivity contribution in [3.8, 4) is 22.8 Å². The number of aromatic nitrogens is 2. The van der Waals surface area contributed by atoms with Gasteiger partial charge in [-0.1, -0.05) is 55.4 Å². The highest BCUT2D eigenvalue weighted by molar-refractivity contribution is 6.00. The normalized spacial score (nSPS) is 19.4. The Hall–Kier alpha value is -3.52. The lowest BCUT2D eigenvalue weighted by molar-refractivity contribution is -0.175. The van der Waals surface area contributed by atoms with Crippen LogP contribution in [0, 0.1) is 11.3 Å². The van der Waals surface area contributed by atoms with Crippen molar-refractivity contribution in [2.45, 2.75) is 45.6 Å². The fourth-order valence-electron chi connectivity index (χ4n) is 4.50. The number of carbonyl (C=O) groups is 2. The Balaban J connectivity index is 1.29. The van der Waals surface area contributed by atoms with Gasteiger partial charge in [0.25, 0.3) is 5.89 Å². The molecule has 1 fully saturated rings. The molecule has 0 bridgehead atoms. The lowest BCUT2D eigenvalue weighted by Crippen LogP contribution is -2.57. The number of methoxy groups -OCH3 is 1. The highest BCUT2D eigenvalue weighted by Gasteiger charge is 2.57. The third-order valence-electron chi connectivity index (χ3n) is 6.50. The Morgan fingerprint density at radius 1 is 1.09 bits per heavy atom. The number of carboxylic acid groups (broad SMARTS) is 1. The van der Waals surface area contributed by atoms with Crippen molar-refractivity contribution in [1.29, 1.82) is 0 Å². The maximum absolute atomic E-state index is 11.8. The van der Waals surface area contributed by atoms with E-state index in [0.29, 0.717) is 24.2 Å². The van der Waals surface area contributed by atoms with E-state index in [1.807, 2.05) is 36.4 Å². The van der Waals surface area contributed by atoms with Gasteiger partial charge in [-0.15, -0.1) is 0 Å². The Morgan fingerprint density at radius 3 is 2.31 bits per heavy atom. The van der Waals surface area contributed by atoms with E-state index in [1.165, 1.54) is 12.7 Å². The number of benzene rings is 2. The van der Waals surface area contributed by atoms with Gasteiger partial charge in [0.15, 0.2) is 5.41 Å². The second-order valence-electron chi connectivity index (χ2n) is 9.60. The Morgan fingerprint density at radius 2 is 1.71 bits per heavy atom. The van der Waals surface area contributed by atoms with E-state index in [9.17, 15) is 14.7 Å². The number of nitrogens with zero attached hydrogens (tertiary/aromatic N) is 2. The topological polar surface area (TPSA) is 115 Å². The van der Waals surface area contributed by atoms with Gasteiger partial charge in [0, 0.05) is 17.2 Å². The number of rotatable bonds is 10. The quantitative estimate of drug-likeness (QED) is 0.331. The van der Waals surface area contributed by atoms with Gasteiger partial charge in [0.1, 0.15) is 0 Å². The molecule has 35 heavy (non-hydrogen) atoms. The van der Waals surface area contributed by atoms with E-state index in [2.05, 4.69) is 46.2 Å². The minimum absolute atomic E-state index is 0.0123. The molecule has 4 rings (SSSR count). The van der Waals surface area contributed by atoms with E-state index in [1.54, 1.807) is 0 Å². The summed E-state index contributed by atoms with van der Waals surface area (Å²) in [7, 11) is 1.22. The summed E-state index contributed by atoms with van der Waals surface area (Å²) >= 11 is 0. The van der Waals surface area contributed by atoms with Crippen LogP contribution in [0.3, 0.4) is 0 Å². The summed E-state index contributed by atoms with van der Waals surface area (Å²) in [5.74, 6) is -0.152. The minimum Gasteiger partial charge on any atom is -0.480 e. The zero-order valence-electron chi connectivity index (χ0n) is 20.3. The first kappa shape index (κ1) is 24.6. The van der Waals surface area contributed by atoms with E-state index in [4.69, 9.17) is 4.52 Å². The van der Waals surface area contributed by atoms with E-state index in [0.717, 1.165) is 29.5 Å². The van der Waals surface area contributed by atoms with Crippen molar-refractivity contribution in [3.05, 3.63) is 59.7 Å². The summed E-state index contributed by atoms with van der Waals surface area (Å²) in [5, 5.41) is 16.8. The molecule has 2 aromatic carbocycles. The van der Waals surface area contributed by atoms with Gasteiger partial charge < -0.3 is 19.7 Å². The predicted octanol–water partition coefficient (Wildman–Crippen LogP) is 4.14. The fraction of sp³-hybridized carbons (Fsp3) is 0.407. The molecule has 1 aliphatic rings. The summed E-state index contributed by atoms with van der Waals surface area (Å²) in [6.07, 6.45) is 2.30. The van der Waals surface area contributed by atoms with Gasteiger partial charge in [-0.2, -0.15) is 4.98 Å². The molecule has 1 heterocycles. The van der Waals surface area contributed by atoms with E-state index >= 15 is 0 Å². The highest BCUT2D eigenvalue weighted by Crippen LogP contribution is 2.42. The maximum Gasteiger partial charge on any atom is 0.323 e. The summed E-state index contributed by atoms with van der Waals surface area (Å²) in [5.41, 5.74) is 2.77. The van der Waals surface area contributed by atoms with Gasteiger partial charge in [-0.3, -0.25) is 9.59 Å². The lowest BCUT2D eigenvalue weighted by Gasteiger charge is -2.42. The van der Waals surface area contributed by atoms with Crippen molar-refractivity contribution in [2.75, 3.05) is 13.7 Å². The van der Waals surface area contributed by atoms with Gasteiger partial charge in [-0.25, -0.2) is 0 Å². The van der Waals surface area contributed by atoms with Gasteiger partial charge in [0.2, 0.25) is 5.82 Å². The summed E-state index contributed by atoms with van der Waals surface area (Å²) in [6.45, 7) is 5.08. The van der Waals surface area contributed by atoms with Crippen LogP contribution in [-0.2, 0) is 27.2 Å². The molecule has 0 spiro atoms. The molecule has 0 atom stereocenters. The first-order chi connectivity index (χ1) is 16.8. The SMILES string of the molecule is COC(=O)C1(C(=O)O)CC(NCCc2ccc(-c3noc(-c4ccc(CC(C)C)cc4)n3)cc2)C1. The van der Waals surface area contributed by atoms with Crippen molar-refractivity contribution in [2.24, 2.45) is 11.3 Å². The number of ether oxygens (including phenoxy) is 1. The molecule has 0 unspecified atom stereocenters. The number of hydrogen-bond donors (Lipinski definition) is 2. The fourth-order valence-corrected chi connectivity index (χ4v) is 4.50. The van der Waals surface area contributed by atoms with Gasteiger partial charge >= 0.3 is 11.9 Å². The zero-order chi connectivity index (χ0) is 25.0. The Bertz CT molecular complexity index is 1160. The molecule has 8 nitrogen and oxygen atoms in total. The molecule has 8 heteroatoms. The number of carboxylic acids is 1. The summed E-state index contributed by atoms with van der Waals surface area (Å²) in [4.78, 5) is 27.9. The molecule has 1 saturated carbocycles. The molecule has 0 aliphatic heterocycles. The molecular formula is C27H31N3O5. The van der Waals surface area contributed by atoms with Crippen LogP contribution >= 0.6 is 0 Å². The van der Waals surface area contributed by atoms with Crippen LogP contribution in [0.15, 0.2) is 53.1 Å². The van der Waals surface area contributed by atoms with Crippen molar-refractivity contribution < 1.29 is 24.0 Å². The monoisotopic (exact) mass is 477 g/mol.